The summed E-state index contributed by atoms with van der Waals surface area (Å²) in [6, 6.07) is 0. The van der Waals surface area contributed by atoms with Crippen LogP contribution in [-0.4, -0.2) is 74.9 Å². The summed E-state index contributed by atoms with van der Waals surface area (Å²) < 4.78 is 34.3. The van der Waals surface area contributed by atoms with Gasteiger partial charge in [0.15, 0.2) is 6.10 Å². The Morgan fingerprint density at radius 3 is 1.48 bits per heavy atom. The number of esters is 2. The molecule has 338 valence electrons. The standard InChI is InChI=1S/C48H88NO8P/c1-6-8-10-12-14-16-18-20-22-23-24-25-27-28-30-32-34-36-38-40-47(50)54-44-46(45-56-58(52,53)55-43-42-49(3,4)5)57-48(51)41-39-37-35-33-31-29-26-21-19-17-15-13-11-9-7-2/h9,11,15,17,21,23-24,26,46H,6-8,10,12-14,16,18-20,22,25,27-45H2,1-5H3/p+1/b11-9-,17-15-,24-23-,26-21-/t46-/m1/s1. The Morgan fingerprint density at radius 1 is 0.552 bits per heavy atom. The van der Waals surface area contributed by atoms with Crippen molar-refractivity contribution in [1.29, 1.82) is 0 Å². The molecule has 0 saturated heterocycles. The molecule has 0 aromatic rings. The molecule has 0 spiro atoms. The van der Waals surface area contributed by atoms with Crippen molar-refractivity contribution < 1.29 is 42.1 Å². The number of likely N-dealkylation sites (N-methyl/N-ethyl adjacent to an activating group) is 1. The van der Waals surface area contributed by atoms with E-state index in [2.05, 4.69) is 62.5 Å². The normalized spacial score (nSPS) is 14.0. The van der Waals surface area contributed by atoms with Crippen LogP contribution in [0.4, 0.5) is 0 Å². The second kappa shape index (κ2) is 40.4. The largest absolute Gasteiger partial charge is 0.472 e. The van der Waals surface area contributed by atoms with Gasteiger partial charge in [-0.1, -0.05) is 159 Å². The number of allylic oxidation sites excluding steroid dienone is 8. The molecular weight excluding hydrogens is 750 g/mol. The Balaban J connectivity index is 4.33. The van der Waals surface area contributed by atoms with Gasteiger partial charge in [0.2, 0.25) is 0 Å². The van der Waals surface area contributed by atoms with E-state index in [0.717, 1.165) is 77.0 Å². The zero-order valence-corrected chi connectivity index (χ0v) is 38.9. The number of phosphoric ester groups is 1. The van der Waals surface area contributed by atoms with Gasteiger partial charge in [0, 0.05) is 12.8 Å². The molecule has 1 unspecified atom stereocenters. The fourth-order valence-electron chi connectivity index (χ4n) is 6.20. The van der Waals surface area contributed by atoms with Crippen molar-refractivity contribution in [3.8, 4) is 0 Å². The van der Waals surface area contributed by atoms with Gasteiger partial charge in [-0.15, -0.1) is 0 Å². The van der Waals surface area contributed by atoms with Crippen molar-refractivity contribution in [3.63, 3.8) is 0 Å². The molecule has 10 heteroatoms. The van der Waals surface area contributed by atoms with Crippen molar-refractivity contribution in [2.75, 3.05) is 47.5 Å². The van der Waals surface area contributed by atoms with Gasteiger partial charge in [-0.2, -0.15) is 0 Å². The van der Waals surface area contributed by atoms with Crippen LogP contribution >= 0.6 is 7.82 Å². The number of nitrogens with zero attached hydrogens (tertiary/aromatic N) is 1. The van der Waals surface area contributed by atoms with Crippen molar-refractivity contribution in [2.24, 2.45) is 0 Å². The quantitative estimate of drug-likeness (QED) is 0.0213. The number of ether oxygens (including phenoxy) is 2. The third kappa shape index (κ3) is 43.5. The predicted molar refractivity (Wildman–Crippen MR) is 243 cm³/mol. The number of hydrogen-bond acceptors (Lipinski definition) is 7. The highest BCUT2D eigenvalue weighted by atomic mass is 31.2. The Labute approximate surface area is 356 Å². The van der Waals surface area contributed by atoms with E-state index >= 15 is 0 Å². The van der Waals surface area contributed by atoms with Gasteiger partial charge in [-0.3, -0.25) is 18.6 Å². The molecular formula is C48H89NO8P+. The Bertz CT molecular complexity index is 1130. The number of carbonyl (C=O) groups is 2. The number of hydrogen-bond donors (Lipinski definition) is 1. The molecule has 0 radical (unpaired) electrons. The van der Waals surface area contributed by atoms with Gasteiger partial charge >= 0.3 is 19.8 Å². The number of carbonyl (C=O) groups excluding carboxylic acids is 2. The van der Waals surface area contributed by atoms with E-state index in [9.17, 15) is 19.0 Å². The Kier molecular flexibility index (Phi) is 39.0. The van der Waals surface area contributed by atoms with Crippen molar-refractivity contribution in [3.05, 3.63) is 48.6 Å². The molecule has 0 rings (SSSR count). The first-order valence-corrected chi connectivity index (χ1v) is 24.9. The maximum Gasteiger partial charge on any atom is 0.472 e. The van der Waals surface area contributed by atoms with Crippen molar-refractivity contribution in [1.82, 2.24) is 0 Å². The Hall–Kier alpha value is -2.03. The fourth-order valence-corrected chi connectivity index (χ4v) is 6.94. The summed E-state index contributed by atoms with van der Waals surface area (Å²) in [6.07, 6.45) is 47.3. The molecule has 0 aromatic carbocycles. The van der Waals surface area contributed by atoms with Crippen LogP contribution in [0, 0.1) is 0 Å². The molecule has 0 bridgehead atoms. The number of phosphoric acid groups is 1. The minimum Gasteiger partial charge on any atom is -0.462 e. The van der Waals surface area contributed by atoms with E-state index in [1.54, 1.807) is 0 Å². The lowest BCUT2D eigenvalue weighted by molar-refractivity contribution is -0.870. The van der Waals surface area contributed by atoms with E-state index in [0.29, 0.717) is 17.4 Å². The van der Waals surface area contributed by atoms with Gasteiger partial charge in [-0.25, -0.2) is 4.57 Å². The summed E-state index contributed by atoms with van der Waals surface area (Å²) in [5, 5.41) is 0. The summed E-state index contributed by atoms with van der Waals surface area (Å²) in [4.78, 5) is 35.4. The minimum atomic E-state index is -4.38. The summed E-state index contributed by atoms with van der Waals surface area (Å²) in [6.45, 7) is 4.29. The Morgan fingerprint density at radius 2 is 0.983 bits per heavy atom. The first-order valence-electron chi connectivity index (χ1n) is 23.4. The summed E-state index contributed by atoms with van der Waals surface area (Å²) in [7, 11) is 1.46. The van der Waals surface area contributed by atoms with Crippen LogP contribution in [0.3, 0.4) is 0 Å². The lowest BCUT2D eigenvalue weighted by Crippen LogP contribution is -2.37. The van der Waals surface area contributed by atoms with Crippen LogP contribution in [0.2, 0.25) is 0 Å². The summed E-state index contributed by atoms with van der Waals surface area (Å²) in [5.41, 5.74) is 0. The molecule has 2 atom stereocenters. The van der Waals surface area contributed by atoms with Crippen LogP contribution in [0.25, 0.3) is 0 Å². The summed E-state index contributed by atoms with van der Waals surface area (Å²) in [5.74, 6) is -0.822. The lowest BCUT2D eigenvalue weighted by atomic mass is 10.1. The van der Waals surface area contributed by atoms with Crippen molar-refractivity contribution >= 4 is 19.8 Å². The molecule has 1 N–H and O–H groups in total. The molecule has 0 aliphatic heterocycles. The average Bonchev–Trinajstić information content (AvgIpc) is 3.17. The highest BCUT2D eigenvalue weighted by Crippen LogP contribution is 2.43. The van der Waals surface area contributed by atoms with E-state index in [1.165, 1.54) is 83.5 Å². The lowest BCUT2D eigenvalue weighted by Gasteiger charge is -2.24. The smallest absolute Gasteiger partial charge is 0.462 e. The van der Waals surface area contributed by atoms with Gasteiger partial charge in [0.05, 0.1) is 27.7 Å². The van der Waals surface area contributed by atoms with E-state index in [1.807, 2.05) is 21.1 Å². The molecule has 0 fully saturated rings. The monoisotopic (exact) mass is 839 g/mol. The average molecular weight is 839 g/mol. The molecule has 9 nitrogen and oxygen atoms in total. The maximum absolute atomic E-state index is 12.7. The highest BCUT2D eigenvalue weighted by molar-refractivity contribution is 7.47. The van der Waals surface area contributed by atoms with E-state index in [-0.39, 0.29) is 32.0 Å². The van der Waals surface area contributed by atoms with Crippen LogP contribution in [0.5, 0.6) is 0 Å². The van der Waals surface area contributed by atoms with Crippen LogP contribution < -0.4 is 0 Å². The first-order chi connectivity index (χ1) is 28.0. The zero-order valence-electron chi connectivity index (χ0n) is 38.0. The van der Waals surface area contributed by atoms with Crippen molar-refractivity contribution in [2.45, 2.75) is 200 Å². The van der Waals surface area contributed by atoms with Gasteiger partial charge < -0.3 is 18.9 Å². The van der Waals surface area contributed by atoms with Crippen LogP contribution in [0.1, 0.15) is 194 Å². The maximum atomic E-state index is 12.7. The number of quaternary nitrogens is 1. The number of unbranched alkanes of at least 4 members (excludes halogenated alkanes) is 20. The topological polar surface area (TPSA) is 108 Å². The minimum absolute atomic E-state index is 0.0261. The van der Waals surface area contributed by atoms with E-state index in [4.69, 9.17) is 18.5 Å². The first kappa shape index (κ1) is 56.0. The van der Waals surface area contributed by atoms with Gasteiger partial charge in [-0.05, 0) is 70.6 Å². The second-order valence-corrected chi connectivity index (χ2v) is 18.2. The fraction of sp³-hybridized carbons (Fsp3) is 0.792. The number of rotatable bonds is 42. The van der Waals surface area contributed by atoms with Gasteiger partial charge in [0.25, 0.3) is 0 Å². The van der Waals surface area contributed by atoms with Crippen LogP contribution in [0.15, 0.2) is 48.6 Å². The molecule has 0 saturated carbocycles. The zero-order chi connectivity index (χ0) is 42.8. The predicted octanol–water partition coefficient (Wildman–Crippen LogP) is 13.5. The second-order valence-electron chi connectivity index (χ2n) is 16.8. The molecule has 0 amide bonds. The SMILES string of the molecule is CC/C=C\C/C=C\C/C=C\CCCCCCCC(=O)O[C@H](COC(=O)CCCCCCCCC/C=C\CCCCCCCCCC)COP(=O)(O)OCC[N+](C)(C)C. The molecule has 0 aliphatic rings. The van der Waals surface area contributed by atoms with Crippen LogP contribution in [-0.2, 0) is 32.7 Å². The third-order valence-electron chi connectivity index (χ3n) is 9.84. The molecule has 58 heavy (non-hydrogen) atoms. The van der Waals surface area contributed by atoms with Gasteiger partial charge in [0.1, 0.15) is 19.8 Å². The molecule has 0 aromatic heterocycles. The third-order valence-corrected chi connectivity index (χ3v) is 10.8. The molecule has 0 aliphatic carbocycles. The summed E-state index contributed by atoms with van der Waals surface area (Å²) >= 11 is 0. The molecule has 0 heterocycles. The highest BCUT2D eigenvalue weighted by Gasteiger charge is 2.27. The van der Waals surface area contributed by atoms with E-state index < -0.39 is 26.5 Å².